The van der Waals surface area contributed by atoms with E-state index in [0.717, 1.165) is 47.4 Å². The first-order valence-electron chi connectivity index (χ1n) is 12.4. The van der Waals surface area contributed by atoms with Crippen LogP contribution in [0.25, 0.3) is 16.7 Å². The van der Waals surface area contributed by atoms with Gasteiger partial charge in [-0.15, -0.1) is 5.10 Å². The molecule has 0 aliphatic heterocycles. The number of rotatable bonds is 7. The van der Waals surface area contributed by atoms with Crippen LogP contribution in [-0.4, -0.2) is 60.5 Å². The van der Waals surface area contributed by atoms with Crippen molar-refractivity contribution in [2.45, 2.75) is 64.4 Å². The summed E-state index contributed by atoms with van der Waals surface area (Å²) >= 11 is 0. The molecule has 0 bridgehead atoms. The minimum absolute atomic E-state index is 0.0823. The highest BCUT2D eigenvalue weighted by Gasteiger charge is 2.31. The molecular formula is C25H33N9O3. The number of hydrogen-bond acceptors (Lipinski definition) is 9. The topological polar surface area (TPSA) is 133 Å². The van der Waals surface area contributed by atoms with Gasteiger partial charge in [-0.3, -0.25) is 0 Å². The highest BCUT2D eigenvalue weighted by atomic mass is 16.6. The average molecular weight is 508 g/mol. The van der Waals surface area contributed by atoms with Crippen molar-refractivity contribution in [3.05, 3.63) is 36.0 Å². The molecule has 4 aromatic rings. The smallest absolute Gasteiger partial charge is 0.407 e. The van der Waals surface area contributed by atoms with Gasteiger partial charge in [0.25, 0.3) is 0 Å². The summed E-state index contributed by atoms with van der Waals surface area (Å²) in [7, 11) is 3.70. The second kappa shape index (κ2) is 9.85. The molecule has 1 amide bonds. The van der Waals surface area contributed by atoms with Crippen LogP contribution in [0.5, 0.6) is 0 Å². The summed E-state index contributed by atoms with van der Waals surface area (Å²) in [4.78, 5) is 17.0. The van der Waals surface area contributed by atoms with Crippen LogP contribution in [0.3, 0.4) is 0 Å². The third-order valence-corrected chi connectivity index (χ3v) is 6.27. The molecule has 1 saturated carbocycles. The number of anilines is 3. The second-order valence-electron chi connectivity index (χ2n) is 10.3. The van der Waals surface area contributed by atoms with Gasteiger partial charge in [-0.05, 0) is 57.7 Å². The van der Waals surface area contributed by atoms with Crippen molar-refractivity contribution in [3.8, 4) is 0 Å². The van der Waals surface area contributed by atoms with Crippen LogP contribution in [0.15, 0.2) is 30.5 Å². The van der Waals surface area contributed by atoms with Crippen LogP contribution >= 0.6 is 0 Å². The molecule has 3 N–H and O–H groups in total. The normalized spacial score (nSPS) is 17.9. The zero-order valence-electron chi connectivity index (χ0n) is 21.8. The summed E-state index contributed by atoms with van der Waals surface area (Å²) in [5.74, 6) is 1.46. The molecule has 196 valence electrons. The molecule has 1 aliphatic carbocycles. The molecule has 0 saturated heterocycles. The van der Waals surface area contributed by atoms with Gasteiger partial charge < -0.3 is 25.4 Å². The standard InChI is InChI=1S/C25H33N9O3/c1-25(2,3)37-24(35)29-16-7-6-8-19(16)36-14-15-11-17(23-18(12-15)33(5)32-31-23)28-20-13-22(26-4)34-21(30-20)9-10-27-34/h9-13,16,19,26H,6-8,14H2,1-5H3,(H,28,30)(H,29,35)/t16-,19-/m1/s1. The molecule has 0 spiro atoms. The van der Waals surface area contributed by atoms with Crippen molar-refractivity contribution >= 4 is 40.1 Å². The van der Waals surface area contributed by atoms with Crippen molar-refractivity contribution in [2.75, 3.05) is 17.7 Å². The Labute approximate surface area is 214 Å². The Morgan fingerprint density at radius 3 is 2.84 bits per heavy atom. The monoisotopic (exact) mass is 507 g/mol. The van der Waals surface area contributed by atoms with E-state index in [0.29, 0.717) is 18.1 Å². The Balaban J connectivity index is 1.35. The molecule has 1 aliphatic rings. The van der Waals surface area contributed by atoms with Gasteiger partial charge in [0.1, 0.15) is 22.8 Å². The maximum absolute atomic E-state index is 12.3. The number of aryl methyl sites for hydroxylation is 1. The fraction of sp³-hybridized carbons (Fsp3) is 0.480. The van der Waals surface area contributed by atoms with E-state index in [1.807, 2.05) is 59.1 Å². The Morgan fingerprint density at radius 2 is 2.05 bits per heavy atom. The van der Waals surface area contributed by atoms with E-state index >= 15 is 0 Å². The molecule has 2 atom stereocenters. The number of nitrogens with one attached hydrogen (secondary N) is 3. The van der Waals surface area contributed by atoms with Gasteiger partial charge in [0.2, 0.25) is 0 Å². The molecule has 0 radical (unpaired) electrons. The van der Waals surface area contributed by atoms with E-state index in [9.17, 15) is 4.79 Å². The van der Waals surface area contributed by atoms with Gasteiger partial charge >= 0.3 is 6.09 Å². The number of alkyl carbamates (subject to hydrolysis) is 1. The SMILES string of the molecule is CNc1cc(Nc2cc(CO[C@@H]3CCC[C@H]3NC(=O)OC(C)(C)C)cc3c2nnn3C)nc2ccnn12. The summed E-state index contributed by atoms with van der Waals surface area (Å²) in [5.41, 5.74) is 3.52. The van der Waals surface area contributed by atoms with Crippen LogP contribution in [-0.2, 0) is 23.1 Å². The maximum atomic E-state index is 12.3. The van der Waals surface area contributed by atoms with Crippen molar-refractivity contribution < 1.29 is 14.3 Å². The summed E-state index contributed by atoms with van der Waals surface area (Å²) in [6.45, 7) is 5.94. The molecule has 1 aromatic carbocycles. The first kappa shape index (κ1) is 24.8. The number of fused-ring (bicyclic) bond motifs is 2. The molecule has 12 nitrogen and oxygen atoms in total. The number of carbonyl (C=O) groups is 1. The Bertz CT molecular complexity index is 1420. The van der Waals surface area contributed by atoms with Gasteiger partial charge in [-0.1, -0.05) is 5.21 Å². The number of nitrogens with zero attached hydrogens (tertiary/aromatic N) is 6. The average Bonchev–Trinajstić information content (AvgIpc) is 3.57. The first-order chi connectivity index (χ1) is 17.7. The molecule has 1 fully saturated rings. The van der Waals surface area contributed by atoms with Crippen LogP contribution < -0.4 is 16.0 Å². The number of amides is 1. The Morgan fingerprint density at radius 1 is 1.22 bits per heavy atom. The van der Waals surface area contributed by atoms with Crippen LogP contribution in [0.1, 0.15) is 45.6 Å². The van der Waals surface area contributed by atoms with Crippen LogP contribution in [0, 0.1) is 0 Å². The Kier molecular flexibility index (Phi) is 6.59. The van der Waals surface area contributed by atoms with E-state index in [1.165, 1.54) is 0 Å². The van der Waals surface area contributed by atoms with Gasteiger partial charge in [0, 0.05) is 26.2 Å². The van der Waals surface area contributed by atoms with Crippen molar-refractivity contribution in [1.82, 2.24) is 34.9 Å². The van der Waals surface area contributed by atoms with E-state index in [2.05, 4.69) is 36.3 Å². The predicted octanol–water partition coefficient (Wildman–Crippen LogP) is 3.76. The van der Waals surface area contributed by atoms with E-state index in [4.69, 9.17) is 9.47 Å². The van der Waals surface area contributed by atoms with Crippen molar-refractivity contribution in [2.24, 2.45) is 7.05 Å². The number of aromatic nitrogens is 6. The Hall–Kier alpha value is -3.93. The highest BCUT2D eigenvalue weighted by molar-refractivity contribution is 5.90. The third-order valence-electron chi connectivity index (χ3n) is 6.27. The summed E-state index contributed by atoms with van der Waals surface area (Å²) < 4.78 is 15.2. The molecule has 0 unspecified atom stereocenters. The number of carbonyl (C=O) groups excluding carboxylic acids is 1. The lowest BCUT2D eigenvalue weighted by Gasteiger charge is -2.25. The zero-order valence-corrected chi connectivity index (χ0v) is 21.8. The van der Waals surface area contributed by atoms with Crippen molar-refractivity contribution in [1.29, 1.82) is 0 Å². The van der Waals surface area contributed by atoms with Gasteiger partial charge in [-0.2, -0.15) is 9.61 Å². The molecule has 3 aromatic heterocycles. The number of benzene rings is 1. The van der Waals surface area contributed by atoms with Crippen molar-refractivity contribution in [3.63, 3.8) is 0 Å². The van der Waals surface area contributed by atoms with Gasteiger partial charge in [0.05, 0.1) is 36.2 Å². The predicted molar refractivity (Wildman–Crippen MR) is 140 cm³/mol. The lowest BCUT2D eigenvalue weighted by atomic mass is 10.1. The lowest BCUT2D eigenvalue weighted by Crippen LogP contribution is -2.43. The third kappa shape index (κ3) is 5.43. The van der Waals surface area contributed by atoms with E-state index < -0.39 is 11.7 Å². The molecule has 3 heterocycles. The summed E-state index contributed by atoms with van der Waals surface area (Å²) in [6, 6.07) is 7.68. The first-order valence-corrected chi connectivity index (χ1v) is 12.4. The minimum Gasteiger partial charge on any atom is -0.444 e. The minimum atomic E-state index is -0.541. The molecule has 5 rings (SSSR count). The van der Waals surface area contributed by atoms with Crippen LogP contribution in [0.2, 0.25) is 0 Å². The number of ether oxygens (including phenoxy) is 2. The highest BCUT2D eigenvalue weighted by Crippen LogP contribution is 2.29. The fourth-order valence-corrected chi connectivity index (χ4v) is 4.61. The number of hydrogen-bond donors (Lipinski definition) is 3. The summed E-state index contributed by atoms with van der Waals surface area (Å²) in [5, 5.41) is 22.4. The van der Waals surface area contributed by atoms with Gasteiger partial charge in [-0.25, -0.2) is 14.5 Å². The molecule has 37 heavy (non-hydrogen) atoms. The zero-order chi connectivity index (χ0) is 26.2. The quantitative estimate of drug-likeness (QED) is 0.342. The fourth-order valence-electron chi connectivity index (χ4n) is 4.61. The lowest BCUT2D eigenvalue weighted by molar-refractivity contribution is 0.0166. The van der Waals surface area contributed by atoms with E-state index in [1.54, 1.807) is 15.4 Å². The maximum Gasteiger partial charge on any atom is 0.407 e. The molecule has 12 heteroatoms. The van der Waals surface area contributed by atoms with Gasteiger partial charge in [0.15, 0.2) is 5.65 Å². The largest absolute Gasteiger partial charge is 0.444 e. The molecular weight excluding hydrogens is 474 g/mol. The summed E-state index contributed by atoms with van der Waals surface area (Å²) in [6.07, 6.45) is 3.93. The van der Waals surface area contributed by atoms with Crippen LogP contribution in [0.4, 0.5) is 22.1 Å². The second-order valence-corrected chi connectivity index (χ2v) is 10.3. The van der Waals surface area contributed by atoms with E-state index in [-0.39, 0.29) is 12.1 Å².